The Labute approximate surface area is 138 Å². The summed E-state index contributed by atoms with van der Waals surface area (Å²) < 4.78 is 1.33. The predicted molar refractivity (Wildman–Crippen MR) is 88.0 cm³/mol. The van der Waals surface area contributed by atoms with E-state index in [-0.39, 0.29) is 18.0 Å². The Morgan fingerprint density at radius 3 is 3.05 bits per heavy atom. The molecule has 0 bridgehead atoms. The topological polar surface area (TPSA) is 79.0 Å². The number of nitrogens with zero attached hydrogens (tertiary/aromatic N) is 3. The summed E-state index contributed by atoms with van der Waals surface area (Å²) in [6.07, 6.45) is 3.11. The zero-order valence-electron chi connectivity index (χ0n) is 11.5. The maximum Gasteiger partial charge on any atom is 0.268 e. The largest absolute Gasteiger partial charge is 0.334 e. The smallest absolute Gasteiger partial charge is 0.268 e. The van der Waals surface area contributed by atoms with Gasteiger partial charge in [-0.2, -0.15) is 0 Å². The van der Waals surface area contributed by atoms with Crippen molar-refractivity contribution in [2.45, 2.75) is 6.54 Å². The van der Waals surface area contributed by atoms with Crippen molar-refractivity contribution in [2.24, 2.45) is 0 Å². The number of thiophene rings is 1. The average Bonchev–Trinajstić information content (AvgIpc) is 2.95. The second kappa shape index (κ2) is 5.98. The fraction of sp³-hybridized carbons (Fsp3) is 0.143. The Morgan fingerprint density at radius 1 is 1.45 bits per heavy atom. The van der Waals surface area contributed by atoms with Gasteiger partial charge in [0.1, 0.15) is 10.5 Å². The molecule has 0 aliphatic carbocycles. The number of pyridine rings is 1. The molecule has 112 valence electrons. The summed E-state index contributed by atoms with van der Waals surface area (Å²) in [5, 5.41) is 1.82. The normalized spacial score (nSPS) is 10.8. The van der Waals surface area contributed by atoms with E-state index in [4.69, 9.17) is 0 Å². The van der Waals surface area contributed by atoms with Gasteiger partial charge in [0, 0.05) is 23.9 Å². The van der Waals surface area contributed by atoms with Crippen molar-refractivity contribution >= 4 is 43.4 Å². The highest BCUT2D eigenvalue weighted by molar-refractivity contribution is 9.10. The quantitative estimate of drug-likeness (QED) is 0.758. The summed E-state index contributed by atoms with van der Waals surface area (Å²) in [4.78, 5) is 36.8. The number of amides is 1. The Bertz CT molecular complexity index is 905. The van der Waals surface area contributed by atoms with Gasteiger partial charge in [-0.05, 0) is 33.4 Å². The van der Waals surface area contributed by atoms with Crippen LogP contribution in [0, 0.1) is 0 Å². The van der Waals surface area contributed by atoms with Crippen LogP contribution in [0.3, 0.4) is 0 Å². The summed E-state index contributed by atoms with van der Waals surface area (Å²) in [5.74, 6) is 0.261. The van der Waals surface area contributed by atoms with Crippen LogP contribution in [0.2, 0.25) is 0 Å². The fourth-order valence-electron chi connectivity index (χ4n) is 2.04. The van der Waals surface area contributed by atoms with Crippen LogP contribution in [0.25, 0.3) is 10.2 Å². The molecule has 3 aromatic heterocycles. The van der Waals surface area contributed by atoms with E-state index in [0.29, 0.717) is 21.6 Å². The number of carbonyl (C=O) groups excluding carboxylic acids is 1. The summed E-state index contributed by atoms with van der Waals surface area (Å²) in [6.45, 7) is 0.215. The molecular weight excluding hydrogens is 368 g/mol. The van der Waals surface area contributed by atoms with Gasteiger partial charge in [0.05, 0.1) is 17.6 Å². The van der Waals surface area contributed by atoms with E-state index < -0.39 is 0 Å². The van der Waals surface area contributed by atoms with Crippen molar-refractivity contribution in [2.75, 3.05) is 7.05 Å². The Morgan fingerprint density at radius 2 is 2.27 bits per heavy atom. The van der Waals surface area contributed by atoms with Crippen molar-refractivity contribution in [3.63, 3.8) is 0 Å². The minimum atomic E-state index is -0.193. The van der Waals surface area contributed by atoms with Gasteiger partial charge in [-0.1, -0.05) is 0 Å². The Kier molecular flexibility index (Phi) is 4.04. The van der Waals surface area contributed by atoms with Crippen molar-refractivity contribution in [1.29, 1.82) is 0 Å². The van der Waals surface area contributed by atoms with Crippen molar-refractivity contribution in [1.82, 2.24) is 19.9 Å². The molecule has 0 saturated heterocycles. The molecule has 0 radical (unpaired) electrons. The number of H-pyrrole nitrogens is 1. The molecule has 3 aromatic rings. The zero-order valence-corrected chi connectivity index (χ0v) is 13.9. The summed E-state index contributed by atoms with van der Waals surface area (Å²) >= 11 is 4.63. The van der Waals surface area contributed by atoms with Gasteiger partial charge in [0.2, 0.25) is 0 Å². The molecule has 0 aliphatic rings. The van der Waals surface area contributed by atoms with Crippen molar-refractivity contribution in [3.8, 4) is 0 Å². The molecule has 0 aromatic carbocycles. The predicted octanol–water partition coefficient (Wildman–Crippen LogP) is 2.41. The molecule has 1 amide bonds. The third-order valence-electron chi connectivity index (χ3n) is 3.05. The van der Waals surface area contributed by atoms with Crippen molar-refractivity contribution in [3.05, 3.63) is 56.1 Å². The highest BCUT2D eigenvalue weighted by atomic mass is 79.9. The molecule has 0 saturated carbocycles. The average molecular weight is 379 g/mol. The summed E-state index contributed by atoms with van der Waals surface area (Å²) in [6, 6.07) is 3.49. The van der Waals surface area contributed by atoms with Crippen LogP contribution in [0.1, 0.15) is 16.2 Å². The number of fused-ring (bicyclic) bond motifs is 1. The van der Waals surface area contributed by atoms with Gasteiger partial charge < -0.3 is 9.88 Å². The van der Waals surface area contributed by atoms with E-state index in [1.165, 1.54) is 22.4 Å². The number of halogens is 1. The minimum absolute atomic E-state index is 0.181. The molecule has 0 aliphatic heterocycles. The first-order valence-corrected chi connectivity index (χ1v) is 8.04. The molecule has 1 N–H and O–H groups in total. The number of rotatable bonds is 3. The third kappa shape index (κ3) is 2.93. The van der Waals surface area contributed by atoms with Crippen LogP contribution in [0.4, 0.5) is 0 Å². The van der Waals surface area contributed by atoms with E-state index in [1.54, 1.807) is 25.4 Å². The van der Waals surface area contributed by atoms with Gasteiger partial charge in [0.25, 0.3) is 11.5 Å². The van der Waals surface area contributed by atoms with E-state index in [9.17, 15) is 9.59 Å². The highest BCUT2D eigenvalue weighted by Crippen LogP contribution is 2.15. The maximum absolute atomic E-state index is 12.3. The van der Waals surface area contributed by atoms with Crippen LogP contribution in [0.15, 0.2) is 39.2 Å². The zero-order chi connectivity index (χ0) is 15.7. The lowest BCUT2D eigenvalue weighted by Crippen LogP contribution is -2.28. The van der Waals surface area contributed by atoms with E-state index >= 15 is 0 Å². The SMILES string of the molecule is CN(Cc1nc2ccsc2c(=O)[nH]1)C(=O)c1cncc(Br)c1. The molecular formula is C14H11BrN4O2S. The second-order valence-electron chi connectivity index (χ2n) is 4.70. The fourth-order valence-corrected chi connectivity index (χ4v) is 3.13. The second-order valence-corrected chi connectivity index (χ2v) is 6.53. The van der Waals surface area contributed by atoms with Crippen LogP contribution < -0.4 is 5.56 Å². The van der Waals surface area contributed by atoms with E-state index in [1.807, 2.05) is 5.38 Å². The number of aromatic nitrogens is 3. The first kappa shape index (κ1) is 14.9. The standard InChI is InChI=1S/C14H11BrN4O2S/c1-19(14(21)8-4-9(15)6-16-5-8)7-11-17-10-2-3-22-12(10)13(20)18-11/h2-6H,7H2,1H3,(H,17,18,20). The van der Waals surface area contributed by atoms with Crippen molar-refractivity contribution < 1.29 is 4.79 Å². The molecule has 6 nitrogen and oxygen atoms in total. The number of nitrogens with one attached hydrogen (secondary N) is 1. The highest BCUT2D eigenvalue weighted by Gasteiger charge is 2.14. The molecule has 0 atom stereocenters. The number of carbonyl (C=O) groups is 1. The van der Waals surface area contributed by atoms with Gasteiger partial charge in [-0.3, -0.25) is 14.6 Å². The van der Waals surface area contributed by atoms with Gasteiger partial charge in [0.15, 0.2) is 0 Å². The molecule has 3 heterocycles. The summed E-state index contributed by atoms with van der Waals surface area (Å²) in [5.41, 5.74) is 0.935. The van der Waals surface area contributed by atoms with E-state index in [0.717, 1.165) is 4.47 Å². The first-order valence-electron chi connectivity index (χ1n) is 6.37. The number of hydrogen-bond acceptors (Lipinski definition) is 5. The van der Waals surface area contributed by atoms with Crippen LogP contribution >= 0.6 is 27.3 Å². The Balaban J connectivity index is 1.84. The van der Waals surface area contributed by atoms with Gasteiger partial charge >= 0.3 is 0 Å². The van der Waals surface area contributed by atoms with Gasteiger partial charge in [-0.25, -0.2) is 4.98 Å². The molecule has 22 heavy (non-hydrogen) atoms. The maximum atomic E-state index is 12.3. The molecule has 0 fully saturated rings. The lowest BCUT2D eigenvalue weighted by molar-refractivity contribution is 0.0781. The van der Waals surface area contributed by atoms with Crippen LogP contribution in [0.5, 0.6) is 0 Å². The minimum Gasteiger partial charge on any atom is -0.334 e. The monoisotopic (exact) mass is 378 g/mol. The van der Waals surface area contributed by atoms with Gasteiger partial charge in [-0.15, -0.1) is 11.3 Å². The third-order valence-corrected chi connectivity index (χ3v) is 4.39. The molecule has 8 heteroatoms. The van der Waals surface area contributed by atoms with Crippen LogP contribution in [-0.4, -0.2) is 32.8 Å². The number of hydrogen-bond donors (Lipinski definition) is 1. The van der Waals surface area contributed by atoms with Crippen LogP contribution in [-0.2, 0) is 6.54 Å². The summed E-state index contributed by atoms with van der Waals surface area (Å²) in [7, 11) is 1.65. The first-order chi connectivity index (χ1) is 10.5. The lowest BCUT2D eigenvalue weighted by atomic mass is 10.2. The number of aromatic amines is 1. The molecule has 3 rings (SSSR count). The molecule has 0 spiro atoms. The lowest BCUT2D eigenvalue weighted by Gasteiger charge is -2.16. The van der Waals surface area contributed by atoms with E-state index in [2.05, 4.69) is 30.9 Å². The Hall–Kier alpha value is -2.06. The molecule has 0 unspecified atom stereocenters.